The van der Waals surface area contributed by atoms with Crippen molar-refractivity contribution in [1.29, 1.82) is 0 Å². The third kappa shape index (κ3) is 5.52. The molecule has 0 saturated carbocycles. The fourth-order valence-electron chi connectivity index (χ4n) is 3.88. The minimum Gasteiger partial charge on any atom is -0.381 e. The highest BCUT2D eigenvalue weighted by molar-refractivity contribution is 5.22. The van der Waals surface area contributed by atoms with Gasteiger partial charge in [-0.2, -0.15) is 0 Å². The van der Waals surface area contributed by atoms with Crippen LogP contribution in [-0.4, -0.2) is 49.9 Å². The highest BCUT2D eigenvalue weighted by atomic mass is 16.5. The number of rotatable bonds is 6. The van der Waals surface area contributed by atoms with Gasteiger partial charge in [0.2, 0.25) is 0 Å². The van der Waals surface area contributed by atoms with Crippen molar-refractivity contribution in [3.05, 3.63) is 35.4 Å². The molecule has 0 unspecified atom stereocenters. The summed E-state index contributed by atoms with van der Waals surface area (Å²) in [4.78, 5) is 2.47. The maximum atomic E-state index is 6.00. The van der Waals surface area contributed by atoms with E-state index in [1.807, 2.05) is 0 Å². The van der Waals surface area contributed by atoms with Crippen molar-refractivity contribution < 1.29 is 9.47 Å². The predicted molar refractivity (Wildman–Crippen MR) is 102 cm³/mol. The molecule has 1 aromatic rings. The van der Waals surface area contributed by atoms with Crippen molar-refractivity contribution in [3.8, 4) is 0 Å². The summed E-state index contributed by atoms with van der Waals surface area (Å²) in [5.41, 5.74) is 2.62. The first kappa shape index (κ1) is 18.8. The van der Waals surface area contributed by atoms with E-state index in [1.54, 1.807) is 0 Å². The number of nitrogens with zero attached hydrogens (tertiary/aromatic N) is 1. The first-order chi connectivity index (χ1) is 12.1. The summed E-state index contributed by atoms with van der Waals surface area (Å²) < 4.78 is 11.4. The lowest BCUT2D eigenvalue weighted by atomic mass is 9.89. The van der Waals surface area contributed by atoms with Crippen LogP contribution in [0.4, 0.5) is 0 Å². The SMILES string of the molecule is C[C@@H]1CN(C)[C@@H](C)C[C@@H]1NCc1ccc(COC2CCOCC2)cc1. The van der Waals surface area contributed by atoms with Crippen molar-refractivity contribution in [2.75, 3.05) is 26.8 Å². The molecular weight excluding hydrogens is 312 g/mol. The van der Waals surface area contributed by atoms with Gasteiger partial charge in [-0.1, -0.05) is 31.2 Å². The average Bonchev–Trinajstić information content (AvgIpc) is 2.64. The minimum absolute atomic E-state index is 0.364. The lowest BCUT2D eigenvalue weighted by Crippen LogP contribution is -2.50. The maximum absolute atomic E-state index is 6.00. The van der Waals surface area contributed by atoms with Gasteiger partial charge in [0.1, 0.15) is 0 Å². The Morgan fingerprint density at radius 3 is 2.52 bits per heavy atom. The molecule has 4 heteroatoms. The number of likely N-dealkylation sites (tertiary alicyclic amines) is 1. The summed E-state index contributed by atoms with van der Waals surface area (Å²) in [5.74, 6) is 0.702. The van der Waals surface area contributed by atoms with Crippen molar-refractivity contribution in [1.82, 2.24) is 10.2 Å². The average molecular weight is 347 g/mol. The Morgan fingerprint density at radius 2 is 1.80 bits per heavy atom. The van der Waals surface area contributed by atoms with Crippen LogP contribution < -0.4 is 5.32 Å². The zero-order valence-electron chi connectivity index (χ0n) is 16.0. The number of hydrogen-bond acceptors (Lipinski definition) is 4. The van der Waals surface area contributed by atoms with Crippen molar-refractivity contribution in [3.63, 3.8) is 0 Å². The van der Waals surface area contributed by atoms with E-state index in [9.17, 15) is 0 Å². The summed E-state index contributed by atoms with van der Waals surface area (Å²) >= 11 is 0. The molecule has 0 radical (unpaired) electrons. The summed E-state index contributed by atoms with van der Waals surface area (Å²) in [6, 6.07) is 10.2. The van der Waals surface area contributed by atoms with E-state index >= 15 is 0 Å². The van der Waals surface area contributed by atoms with Gasteiger partial charge in [0.15, 0.2) is 0 Å². The van der Waals surface area contributed by atoms with Crippen LogP contribution in [0.1, 0.15) is 44.2 Å². The van der Waals surface area contributed by atoms with E-state index in [0.29, 0.717) is 30.7 Å². The zero-order valence-corrected chi connectivity index (χ0v) is 16.0. The Hall–Kier alpha value is -0.940. The van der Waals surface area contributed by atoms with Crippen LogP contribution in [0.3, 0.4) is 0 Å². The van der Waals surface area contributed by atoms with Crippen LogP contribution in [-0.2, 0) is 22.6 Å². The first-order valence-electron chi connectivity index (χ1n) is 9.82. The molecule has 4 nitrogen and oxygen atoms in total. The molecule has 2 heterocycles. The monoisotopic (exact) mass is 346 g/mol. The van der Waals surface area contributed by atoms with Gasteiger partial charge in [-0.25, -0.2) is 0 Å². The molecule has 3 atom stereocenters. The van der Waals surface area contributed by atoms with Crippen LogP contribution in [0, 0.1) is 5.92 Å². The maximum Gasteiger partial charge on any atom is 0.0720 e. The largest absolute Gasteiger partial charge is 0.381 e. The molecule has 0 bridgehead atoms. The topological polar surface area (TPSA) is 33.7 Å². The van der Waals surface area contributed by atoms with Crippen LogP contribution in [0.2, 0.25) is 0 Å². The molecule has 2 aliphatic heterocycles. The van der Waals surface area contributed by atoms with Gasteiger partial charge in [-0.05, 0) is 50.3 Å². The molecule has 0 amide bonds. The van der Waals surface area contributed by atoms with Gasteiger partial charge in [-0.3, -0.25) is 0 Å². The summed E-state index contributed by atoms with van der Waals surface area (Å²) in [5, 5.41) is 3.77. The fourth-order valence-corrected chi connectivity index (χ4v) is 3.88. The van der Waals surface area contributed by atoms with E-state index in [1.165, 1.54) is 24.1 Å². The smallest absolute Gasteiger partial charge is 0.0720 e. The Balaban J connectivity index is 1.42. The van der Waals surface area contributed by atoms with Gasteiger partial charge in [0, 0.05) is 38.4 Å². The number of ether oxygens (including phenoxy) is 2. The van der Waals surface area contributed by atoms with E-state index in [2.05, 4.69) is 55.4 Å². The normalized spacial score (nSPS) is 29.0. The minimum atomic E-state index is 0.364. The van der Waals surface area contributed by atoms with Gasteiger partial charge >= 0.3 is 0 Å². The lowest BCUT2D eigenvalue weighted by molar-refractivity contribution is -0.0390. The van der Waals surface area contributed by atoms with E-state index in [-0.39, 0.29) is 0 Å². The quantitative estimate of drug-likeness (QED) is 0.858. The highest BCUT2D eigenvalue weighted by Crippen LogP contribution is 2.21. The summed E-state index contributed by atoms with van der Waals surface area (Å²) in [6.07, 6.45) is 3.64. The van der Waals surface area contributed by atoms with E-state index < -0.39 is 0 Å². The standard InChI is InChI=1S/C21H34N2O2/c1-16-14-23(3)17(2)12-21(16)22-13-18-4-6-19(7-5-18)15-25-20-8-10-24-11-9-20/h4-7,16-17,20-22H,8-15H2,1-3H3/t16-,17+,21+/m1/s1. The van der Waals surface area contributed by atoms with Crippen molar-refractivity contribution in [2.24, 2.45) is 5.92 Å². The number of nitrogens with one attached hydrogen (secondary N) is 1. The Labute approximate surface area is 152 Å². The third-order valence-corrected chi connectivity index (χ3v) is 5.86. The van der Waals surface area contributed by atoms with Crippen molar-refractivity contribution in [2.45, 2.75) is 64.4 Å². The second-order valence-electron chi connectivity index (χ2n) is 7.93. The second kappa shape index (κ2) is 9.13. The Morgan fingerprint density at radius 1 is 1.12 bits per heavy atom. The predicted octanol–water partition coefficient (Wildman–Crippen LogP) is 3.20. The summed E-state index contributed by atoms with van der Waals surface area (Å²) in [7, 11) is 2.23. The summed E-state index contributed by atoms with van der Waals surface area (Å²) in [6.45, 7) is 9.20. The number of piperidine rings is 1. The van der Waals surface area contributed by atoms with Crippen molar-refractivity contribution >= 4 is 0 Å². The van der Waals surface area contributed by atoms with Crippen LogP contribution >= 0.6 is 0 Å². The van der Waals surface area contributed by atoms with Crippen LogP contribution in [0.25, 0.3) is 0 Å². The molecule has 3 rings (SSSR count). The molecule has 1 aromatic carbocycles. The van der Waals surface area contributed by atoms with Gasteiger partial charge in [0.05, 0.1) is 12.7 Å². The first-order valence-corrected chi connectivity index (χ1v) is 9.82. The van der Waals surface area contributed by atoms with E-state index in [0.717, 1.165) is 32.6 Å². The molecular formula is C21H34N2O2. The van der Waals surface area contributed by atoms with Crippen LogP contribution in [0.5, 0.6) is 0 Å². The fraction of sp³-hybridized carbons (Fsp3) is 0.714. The molecule has 25 heavy (non-hydrogen) atoms. The molecule has 0 aromatic heterocycles. The molecule has 1 N–H and O–H groups in total. The van der Waals surface area contributed by atoms with E-state index in [4.69, 9.17) is 9.47 Å². The van der Waals surface area contributed by atoms with Gasteiger partial charge in [0.25, 0.3) is 0 Å². The number of hydrogen-bond donors (Lipinski definition) is 1. The molecule has 0 aliphatic carbocycles. The van der Waals surface area contributed by atoms with Crippen LogP contribution in [0.15, 0.2) is 24.3 Å². The second-order valence-corrected chi connectivity index (χ2v) is 7.93. The molecule has 2 aliphatic rings. The molecule has 0 spiro atoms. The third-order valence-electron chi connectivity index (χ3n) is 5.86. The zero-order chi connectivity index (χ0) is 17.6. The van der Waals surface area contributed by atoms with Gasteiger partial charge in [-0.15, -0.1) is 0 Å². The molecule has 2 fully saturated rings. The Kier molecular flexibility index (Phi) is 6.88. The Bertz CT molecular complexity index is 513. The number of benzene rings is 1. The van der Waals surface area contributed by atoms with Gasteiger partial charge < -0.3 is 19.7 Å². The molecule has 2 saturated heterocycles. The highest BCUT2D eigenvalue weighted by Gasteiger charge is 2.28. The lowest BCUT2D eigenvalue weighted by Gasteiger charge is -2.40. The molecule has 140 valence electrons.